The molecule has 0 atom stereocenters. The minimum Gasteiger partial charge on any atom is -0.478 e. The molecule has 1 aliphatic rings. The van der Waals surface area contributed by atoms with Crippen LogP contribution in [-0.2, 0) is 9.53 Å². The third kappa shape index (κ3) is 3.65. The van der Waals surface area contributed by atoms with Gasteiger partial charge >= 0.3 is 5.97 Å². The first-order chi connectivity index (χ1) is 9.16. The topological polar surface area (TPSA) is 91.8 Å². The van der Waals surface area contributed by atoms with E-state index in [-0.39, 0.29) is 18.0 Å². The van der Waals surface area contributed by atoms with E-state index >= 15 is 0 Å². The first kappa shape index (κ1) is 13.3. The molecule has 0 aromatic carbocycles. The van der Waals surface area contributed by atoms with Crippen LogP contribution in [0.25, 0.3) is 0 Å². The summed E-state index contributed by atoms with van der Waals surface area (Å²) in [5.41, 5.74) is 0.116. The monoisotopic (exact) mass is 265 g/mol. The number of aromatic carboxylic acids is 1. The van der Waals surface area contributed by atoms with E-state index in [1.165, 1.54) is 18.3 Å². The second kappa shape index (κ2) is 6.14. The molecule has 19 heavy (non-hydrogen) atoms. The average molecular weight is 265 g/mol. The fourth-order valence-corrected chi connectivity index (χ4v) is 1.72. The Morgan fingerprint density at radius 3 is 2.68 bits per heavy atom. The minimum atomic E-state index is -1.02. The van der Waals surface area contributed by atoms with Gasteiger partial charge in [-0.25, -0.2) is 9.78 Å². The van der Waals surface area contributed by atoms with Crippen molar-refractivity contribution in [3.05, 3.63) is 23.9 Å². The molecule has 0 bridgehead atoms. The number of nitrogens with one attached hydrogen (secondary N) is 1. The van der Waals surface area contributed by atoms with Crippen molar-refractivity contribution in [1.29, 1.82) is 0 Å². The molecule has 0 saturated carbocycles. The summed E-state index contributed by atoms with van der Waals surface area (Å²) >= 11 is 0. The van der Waals surface area contributed by atoms with Crippen LogP contribution in [0.3, 0.4) is 0 Å². The van der Waals surface area contributed by atoms with Crippen molar-refractivity contribution in [2.75, 3.05) is 38.2 Å². The molecule has 0 aliphatic carbocycles. The largest absolute Gasteiger partial charge is 0.478 e. The number of rotatable bonds is 4. The quantitative estimate of drug-likeness (QED) is 0.799. The summed E-state index contributed by atoms with van der Waals surface area (Å²) in [6.45, 7) is 2.48. The minimum absolute atomic E-state index is 0.0209. The lowest BCUT2D eigenvalue weighted by atomic mass is 10.3. The van der Waals surface area contributed by atoms with Crippen molar-refractivity contribution in [2.24, 2.45) is 0 Å². The lowest BCUT2D eigenvalue weighted by Crippen LogP contribution is -2.43. The first-order valence-corrected chi connectivity index (χ1v) is 5.95. The lowest BCUT2D eigenvalue weighted by Gasteiger charge is -2.26. The van der Waals surface area contributed by atoms with E-state index in [0.717, 1.165) is 0 Å². The van der Waals surface area contributed by atoms with Crippen LogP contribution in [0, 0.1) is 0 Å². The zero-order valence-electron chi connectivity index (χ0n) is 10.3. The van der Waals surface area contributed by atoms with E-state index in [1.54, 1.807) is 4.90 Å². The summed E-state index contributed by atoms with van der Waals surface area (Å²) in [5.74, 6) is -0.567. The number of carbonyl (C=O) groups excluding carboxylic acids is 1. The highest BCUT2D eigenvalue weighted by molar-refractivity contribution is 5.87. The molecule has 7 nitrogen and oxygen atoms in total. The van der Waals surface area contributed by atoms with Gasteiger partial charge in [-0.3, -0.25) is 4.79 Å². The van der Waals surface area contributed by atoms with E-state index in [4.69, 9.17) is 9.84 Å². The van der Waals surface area contributed by atoms with Crippen molar-refractivity contribution in [1.82, 2.24) is 9.88 Å². The number of carboxylic acid groups (broad SMARTS) is 1. The van der Waals surface area contributed by atoms with Crippen LogP contribution in [0.5, 0.6) is 0 Å². The summed E-state index contributed by atoms with van der Waals surface area (Å²) in [7, 11) is 0. The Labute approximate surface area is 110 Å². The number of hydrogen-bond donors (Lipinski definition) is 2. The van der Waals surface area contributed by atoms with Gasteiger partial charge in [-0.15, -0.1) is 0 Å². The molecule has 1 aromatic heterocycles. The van der Waals surface area contributed by atoms with Gasteiger partial charge in [0, 0.05) is 19.3 Å². The Bertz CT molecular complexity index is 455. The summed E-state index contributed by atoms with van der Waals surface area (Å²) in [4.78, 5) is 28.1. The summed E-state index contributed by atoms with van der Waals surface area (Å²) < 4.78 is 5.17. The van der Waals surface area contributed by atoms with Gasteiger partial charge in [0.15, 0.2) is 0 Å². The molecule has 0 radical (unpaired) electrons. The van der Waals surface area contributed by atoms with Crippen LogP contribution in [0.1, 0.15) is 10.4 Å². The number of nitrogens with zero attached hydrogens (tertiary/aromatic N) is 2. The van der Waals surface area contributed by atoms with E-state index in [9.17, 15) is 9.59 Å². The number of morpholine rings is 1. The predicted octanol–water partition coefficient (Wildman–Crippen LogP) is 0.0505. The van der Waals surface area contributed by atoms with Crippen LogP contribution in [0.15, 0.2) is 18.3 Å². The molecule has 2 heterocycles. The van der Waals surface area contributed by atoms with Crippen LogP contribution in [-0.4, -0.2) is 59.7 Å². The highest BCUT2D eigenvalue weighted by Gasteiger charge is 2.16. The zero-order chi connectivity index (χ0) is 13.7. The second-order valence-corrected chi connectivity index (χ2v) is 4.08. The molecule has 1 aliphatic heterocycles. The number of anilines is 1. The summed E-state index contributed by atoms with van der Waals surface area (Å²) in [5, 5.41) is 11.6. The molecule has 1 fully saturated rings. The smallest absolute Gasteiger partial charge is 0.337 e. The summed E-state index contributed by atoms with van der Waals surface area (Å²) in [6, 6.07) is 2.98. The number of amides is 1. The maximum atomic E-state index is 11.8. The lowest BCUT2D eigenvalue weighted by molar-refractivity contribution is -0.133. The number of carboxylic acids is 1. The Balaban J connectivity index is 1.84. The molecule has 1 aromatic rings. The fraction of sp³-hybridized carbons (Fsp3) is 0.417. The Kier molecular flexibility index (Phi) is 4.30. The zero-order valence-corrected chi connectivity index (χ0v) is 10.3. The molecular weight excluding hydrogens is 250 g/mol. The molecule has 2 N–H and O–H groups in total. The number of carbonyl (C=O) groups is 2. The summed E-state index contributed by atoms with van der Waals surface area (Å²) in [6.07, 6.45) is 1.25. The van der Waals surface area contributed by atoms with Crippen molar-refractivity contribution in [2.45, 2.75) is 0 Å². The van der Waals surface area contributed by atoms with Crippen molar-refractivity contribution < 1.29 is 19.4 Å². The van der Waals surface area contributed by atoms with Crippen LogP contribution >= 0.6 is 0 Å². The van der Waals surface area contributed by atoms with E-state index in [1.807, 2.05) is 0 Å². The Morgan fingerprint density at radius 2 is 2.11 bits per heavy atom. The molecule has 7 heteroatoms. The molecule has 1 saturated heterocycles. The van der Waals surface area contributed by atoms with Gasteiger partial charge in [0.1, 0.15) is 5.82 Å². The van der Waals surface area contributed by atoms with Gasteiger partial charge < -0.3 is 20.1 Å². The van der Waals surface area contributed by atoms with Gasteiger partial charge in [-0.05, 0) is 12.1 Å². The highest BCUT2D eigenvalue weighted by atomic mass is 16.5. The van der Waals surface area contributed by atoms with E-state index in [0.29, 0.717) is 32.1 Å². The van der Waals surface area contributed by atoms with Crippen molar-refractivity contribution in [3.8, 4) is 0 Å². The van der Waals surface area contributed by atoms with Gasteiger partial charge in [-0.2, -0.15) is 0 Å². The van der Waals surface area contributed by atoms with Gasteiger partial charge in [0.2, 0.25) is 5.91 Å². The van der Waals surface area contributed by atoms with Crippen molar-refractivity contribution >= 4 is 17.7 Å². The van der Waals surface area contributed by atoms with Crippen LogP contribution in [0.4, 0.5) is 5.82 Å². The first-order valence-electron chi connectivity index (χ1n) is 5.95. The third-order valence-electron chi connectivity index (χ3n) is 2.79. The number of hydrogen-bond acceptors (Lipinski definition) is 5. The van der Waals surface area contributed by atoms with Crippen LogP contribution < -0.4 is 5.32 Å². The van der Waals surface area contributed by atoms with Crippen molar-refractivity contribution in [3.63, 3.8) is 0 Å². The molecule has 102 valence electrons. The maximum Gasteiger partial charge on any atom is 0.337 e. The fourth-order valence-electron chi connectivity index (χ4n) is 1.72. The van der Waals surface area contributed by atoms with Crippen LogP contribution in [0.2, 0.25) is 0 Å². The third-order valence-corrected chi connectivity index (χ3v) is 2.79. The predicted molar refractivity (Wildman–Crippen MR) is 67.1 cm³/mol. The van der Waals surface area contributed by atoms with Gasteiger partial charge in [0.05, 0.1) is 25.3 Å². The molecule has 0 spiro atoms. The van der Waals surface area contributed by atoms with Gasteiger partial charge in [-0.1, -0.05) is 0 Å². The second-order valence-electron chi connectivity index (χ2n) is 4.08. The number of ether oxygens (including phenoxy) is 1. The molecule has 0 unspecified atom stereocenters. The normalized spacial score (nSPS) is 15.1. The molecule has 1 amide bonds. The number of pyridine rings is 1. The van der Waals surface area contributed by atoms with E-state index in [2.05, 4.69) is 10.3 Å². The number of aromatic nitrogens is 1. The highest BCUT2D eigenvalue weighted by Crippen LogP contribution is 2.05. The molecule has 2 rings (SSSR count). The Hall–Kier alpha value is -2.15. The maximum absolute atomic E-state index is 11.8. The average Bonchev–Trinajstić information content (AvgIpc) is 2.46. The molecular formula is C12H15N3O4. The standard InChI is InChI=1S/C12H15N3O4/c16-11(15-3-5-19-6-4-15)8-14-10-2-1-9(7-13-10)12(17)18/h1-2,7H,3-6,8H2,(H,13,14)(H,17,18). The SMILES string of the molecule is O=C(O)c1ccc(NCC(=O)N2CCOCC2)nc1. The van der Waals surface area contributed by atoms with E-state index < -0.39 is 5.97 Å². The Morgan fingerprint density at radius 1 is 1.37 bits per heavy atom. The van der Waals surface area contributed by atoms with Gasteiger partial charge in [0.25, 0.3) is 0 Å².